The molecular weight excluding hydrogens is 442 g/mol. The molecular formula is C25H32ClN3O4. The molecule has 3 rings (SSSR count). The Morgan fingerprint density at radius 1 is 1.15 bits per heavy atom. The minimum Gasteiger partial charge on any atom is -0.332 e. The summed E-state index contributed by atoms with van der Waals surface area (Å²) in [4.78, 5) is 55.2. The molecule has 0 saturated carbocycles. The van der Waals surface area contributed by atoms with Gasteiger partial charge in [0.1, 0.15) is 6.04 Å². The van der Waals surface area contributed by atoms with Gasteiger partial charge in [-0.2, -0.15) is 0 Å². The lowest BCUT2D eigenvalue weighted by Crippen LogP contribution is -2.53. The number of allylic oxidation sites excluding steroid dienone is 2. The zero-order valence-corrected chi connectivity index (χ0v) is 20.4. The van der Waals surface area contributed by atoms with Gasteiger partial charge in [-0.15, -0.1) is 0 Å². The fourth-order valence-corrected chi connectivity index (χ4v) is 4.72. The number of rotatable bonds is 8. The zero-order valence-electron chi connectivity index (χ0n) is 19.6. The summed E-state index contributed by atoms with van der Waals surface area (Å²) >= 11 is 6.04. The van der Waals surface area contributed by atoms with Gasteiger partial charge >= 0.3 is 0 Å². The highest BCUT2D eigenvalue weighted by Gasteiger charge is 2.51. The van der Waals surface area contributed by atoms with Crippen molar-refractivity contribution < 1.29 is 19.2 Å². The van der Waals surface area contributed by atoms with Crippen LogP contribution in [-0.2, 0) is 19.2 Å². The van der Waals surface area contributed by atoms with Crippen molar-refractivity contribution in [1.29, 1.82) is 0 Å². The molecule has 1 saturated heterocycles. The maximum atomic E-state index is 13.6. The number of nitrogens with zero attached hydrogens (tertiary/aromatic N) is 2. The summed E-state index contributed by atoms with van der Waals surface area (Å²) in [6, 6.07) is 4.29. The van der Waals surface area contributed by atoms with Crippen molar-refractivity contribution in [2.75, 3.05) is 18.4 Å². The average Bonchev–Trinajstić information content (AvgIpc) is 3.02. The van der Waals surface area contributed by atoms with Crippen molar-refractivity contribution in [1.82, 2.24) is 9.80 Å². The highest BCUT2D eigenvalue weighted by atomic mass is 35.5. The molecule has 2 aliphatic rings. The van der Waals surface area contributed by atoms with E-state index in [1.54, 1.807) is 25.1 Å². The number of likely N-dealkylation sites (tertiary alicyclic amines) is 1. The van der Waals surface area contributed by atoms with E-state index in [0.29, 0.717) is 30.0 Å². The molecule has 1 N–H and O–H groups in total. The standard InChI is InChI=1S/C25H32ClN3O4/c1-5-28(14-22(30)27-20-13-17(26)11-10-16(20)4)25(33)21(12-15(2)3)29-23(31)18-8-6-7-9-19(18)24(29)32/h6-7,10-11,13,15,18-19,21H,5,8-9,12,14H2,1-4H3,(H,27,30). The van der Waals surface area contributed by atoms with Gasteiger partial charge in [0.15, 0.2) is 0 Å². The van der Waals surface area contributed by atoms with Crippen molar-refractivity contribution in [3.63, 3.8) is 0 Å². The second-order valence-electron chi connectivity index (χ2n) is 9.21. The van der Waals surface area contributed by atoms with Crippen molar-refractivity contribution in [3.05, 3.63) is 40.9 Å². The molecule has 1 aromatic rings. The third-order valence-electron chi connectivity index (χ3n) is 6.33. The number of hydrogen-bond acceptors (Lipinski definition) is 4. The van der Waals surface area contributed by atoms with Crippen LogP contribution in [0.4, 0.5) is 5.69 Å². The largest absolute Gasteiger partial charge is 0.332 e. The van der Waals surface area contributed by atoms with Gasteiger partial charge in [-0.25, -0.2) is 0 Å². The summed E-state index contributed by atoms with van der Waals surface area (Å²) in [7, 11) is 0. The van der Waals surface area contributed by atoms with Crippen LogP contribution < -0.4 is 5.32 Å². The molecule has 0 aromatic heterocycles. The highest BCUT2D eigenvalue weighted by molar-refractivity contribution is 6.31. The number of fused-ring (bicyclic) bond motifs is 1. The summed E-state index contributed by atoms with van der Waals surface area (Å²) < 4.78 is 0. The number of carbonyl (C=O) groups excluding carboxylic acids is 4. The van der Waals surface area contributed by atoms with Gasteiger partial charge < -0.3 is 10.2 Å². The Hall–Kier alpha value is -2.67. The molecule has 1 fully saturated rings. The van der Waals surface area contributed by atoms with Gasteiger partial charge in [-0.1, -0.05) is 43.7 Å². The van der Waals surface area contributed by atoms with Gasteiger partial charge in [0.05, 0.1) is 18.4 Å². The molecule has 8 heteroatoms. The van der Waals surface area contributed by atoms with Crippen LogP contribution in [0, 0.1) is 24.7 Å². The molecule has 1 aromatic carbocycles. The first-order valence-electron chi connectivity index (χ1n) is 11.5. The van der Waals surface area contributed by atoms with E-state index >= 15 is 0 Å². The van der Waals surface area contributed by atoms with E-state index in [0.717, 1.165) is 5.56 Å². The SMILES string of the molecule is CCN(CC(=O)Nc1cc(Cl)ccc1C)C(=O)C(CC(C)C)N1C(=O)C2CC=CCC2C1=O. The van der Waals surface area contributed by atoms with Gasteiger partial charge in [-0.3, -0.25) is 24.1 Å². The van der Waals surface area contributed by atoms with Crippen LogP contribution in [0.5, 0.6) is 0 Å². The average molecular weight is 474 g/mol. The number of carbonyl (C=O) groups is 4. The number of likely N-dealkylation sites (N-methyl/N-ethyl adjacent to an activating group) is 1. The predicted octanol–water partition coefficient (Wildman–Crippen LogP) is 3.80. The third-order valence-corrected chi connectivity index (χ3v) is 6.57. The second-order valence-corrected chi connectivity index (χ2v) is 9.64. The Morgan fingerprint density at radius 3 is 2.30 bits per heavy atom. The molecule has 33 heavy (non-hydrogen) atoms. The van der Waals surface area contributed by atoms with E-state index in [4.69, 9.17) is 11.6 Å². The van der Waals surface area contributed by atoms with Gasteiger partial charge in [0.2, 0.25) is 23.6 Å². The zero-order chi connectivity index (χ0) is 24.3. The van der Waals surface area contributed by atoms with Gasteiger partial charge in [0.25, 0.3) is 0 Å². The fourth-order valence-electron chi connectivity index (χ4n) is 4.54. The highest BCUT2D eigenvalue weighted by Crippen LogP contribution is 2.37. The smallest absolute Gasteiger partial charge is 0.246 e. The van der Waals surface area contributed by atoms with Crippen LogP contribution in [0.3, 0.4) is 0 Å². The lowest BCUT2D eigenvalue weighted by Gasteiger charge is -2.32. The molecule has 0 bridgehead atoms. The number of anilines is 1. The Kier molecular flexibility index (Phi) is 7.95. The molecule has 1 aliphatic carbocycles. The van der Waals surface area contributed by atoms with Crippen LogP contribution in [0.15, 0.2) is 30.4 Å². The Labute approximate surface area is 200 Å². The third kappa shape index (κ3) is 5.46. The van der Waals surface area contributed by atoms with E-state index in [1.165, 1.54) is 9.80 Å². The Bertz CT molecular complexity index is 948. The first-order chi connectivity index (χ1) is 15.6. The van der Waals surface area contributed by atoms with Crippen LogP contribution in [0.25, 0.3) is 0 Å². The number of hydrogen-bond donors (Lipinski definition) is 1. The number of benzene rings is 1. The van der Waals surface area contributed by atoms with E-state index < -0.39 is 17.9 Å². The minimum absolute atomic E-state index is 0.0851. The van der Waals surface area contributed by atoms with E-state index in [1.807, 2.05) is 32.9 Å². The maximum Gasteiger partial charge on any atom is 0.246 e. The van der Waals surface area contributed by atoms with Crippen LogP contribution >= 0.6 is 11.6 Å². The first-order valence-corrected chi connectivity index (χ1v) is 11.9. The number of halogens is 1. The summed E-state index contributed by atoms with van der Waals surface area (Å²) in [5, 5.41) is 3.30. The number of nitrogens with one attached hydrogen (secondary N) is 1. The van der Waals surface area contributed by atoms with E-state index in [-0.39, 0.29) is 42.6 Å². The predicted molar refractivity (Wildman–Crippen MR) is 128 cm³/mol. The molecule has 0 radical (unpaired) electrons. The molecule has 1 heterocycles. The molecule has 0 spiro atoms. The number of imide groups is 1. The molecule has 3 unspecified atom stereocenters. The monoisotopic (exact) mass is 473 g/mol. The lowest BCUT2D eigenvalue weighted by atomic mass is 9.85. The normalized spacial score (nSPS) is 20.7. The van der Waals surface area contributed by atoms with Crippen molar-refractivity contribution in [2.24, 2.45) is 17.8 Å². The topological polar surface area (TPSA) is 86.8 Å². The molecule has 4 amide bonds. The van der Waals surface area contributed by atoms with Crippen molar-refractivity contribution in [2.45, 2.75) is 53.0 Å². The second kappa shape index (κ2) is 10.5. The van der Waals surface area contributed by atoms with Crippen molar-refractivity contribution in [3.8, 4) is 0 Å². The first kappa shape index (κ1) is 25.0. The minimum atomic E-state index is -0.906. The van der Waals surface area contributed by atoms with Gasteiger partial charge in [0, 0.05) is 17.3 Å². The quantitative estimate of drug-likeness (QED) is 0.459. The molecule has 7 nitrogen and oxygen atoms in total. The van der Waals surface area contributed by atoms with Crippen LogP contribution in [0.2, 0.25) is 5.02 Å². The summed E-state index contributed by atoms with van der Waals surface area (Å²) in [5.74, 6) is -2.00. The van der Waals surface area contributed by atoms with Crippen LogP contribution in [-0.4, -0.2) is 52.6 Å². The maximum absolute atomic E-state index is 13.6. The molecule has 1 aliphatic heterocycles. The van der Waals surface area contributed by atoms with E-state index in [9.17, 15) is 19.2 Å². The van der Waals surface area contributed by atoms with Crippen molar-refractivity contribution >= 4 is 40.9 Å². The number of amides is 4. The Morgan fingerprint density at radius 2 is 1.76 bits per heavy atom. The van der Waals surface area contributed by atoms with E-state index in [2.05, 4.69) is 5.32 Å². The van der Waals surface area contributed by atoms with Gasteiger partial charge in [-0.05, 0) is 56.7 Å². The molecule has 178 valence electrons. The summed E-state index contributed by atoms with van der Waals surface area (Å²) in [6.45, 7) is 7.63. The summed E-state index contributed by atoms with van der Waals surface area (Å²) in [6.07, 6.45) is 5.25. The number of aryl methyl sites for hydroxylation is 1. The Balaban J connectivity index is 1.78. The summed E-state index contributed by atoms with van der Waals surface area (Å²) in [5.41, 5.74) is 1.43. The molecule has 3 atom stereocenters. The fraction of sp³-hybridized carbons (Fsp3) is 0.520. The lowest BCUT2D eigenvalue weighted by molar-refractivity contribution is -0.152. The van der Waals surface area contributed by atoms with Crippen LogP contribution in [0.1, 0.15) is 45.6 Å².